The molecule has 2 heterocycles. The lowest BCUT2D eigenvalue weighted by Gasteiger charge is -2.28. The van der Waals surface area contributed by atoms with Crippen LogP contribution in [0.4, 0.5) is 8.78 Å². The van der Waals surface area contributed by atoms with Crippen molar-refractivity contribution in [3.8, 4) is 11.3 Å². The van der Waals surface area contributed by atoms with Gasteiger partial charge in [0.05, 0.1) is 11.8 Å². The van der Waals surface area contributed by atoms with Crippen LogP contribution >= 0.6 is 0 Å². The van der Waals surface area contributed by atoms with Gasteiger partial charge in [-0.05, 0) is 38.4 Å². The zero-order valence-electron chi connectivity index (χ0n) is 14.0. The first-order valence-corrected chi connectivity index (χ1v) is 8.44. The van der Waals surface area contributed by atoms with E-state index in [-0.39, 0.29) is 29.7 Å². The number of carbonyl (C=O) groups is 1. The molecule has 134 valence electrons. The van der Waals surface area contributed by atoms with Crippen LogP contribution in [0.25, 0.3) is 11.3 Å². The molecule has 0 bridgehead atoms. The lowest BCUT2D eigenvalue weighted by molar-refractivity contribution is -0.122. The molecule has 1 saturated heterocycles. The molecule has 1 amide bonds. The number of hydrogen-bond donors (Lipinski definition) is 2. The van der Waals surface area contributed by atoms with Crippen LogP contribution in [0.1, 0.15) is 32.1 Å². The van der Waals surface area contributed by atoms with Gasteiger partial charge in [0, 0.05) is 31.0 Å². The second-order valence-electron chi connectivity index (χ2n) is 6.39. The first-order valence-electron chi connectivity index (χ1n) is 8.44. The number of nitrogens with one attached hydrogen (secondary N) is 2. The number of halogens is 2. The molecule has 0 aliphatic carbocycles. The minimum absolute atomic E-state index is 0.0492. The van der Waals surface area contributed by atoms with E-state index in [4.69, 9.17) is 4.42 Å². The molecule has 2 N–H and O–H groups in total. The standard InChI is InChI=1S/C18H21F2N3O2/c1-11-8-13(6-7-21-11)23-17(24)4-5-18-22-10-16(25-18)14-3-2-12(19)9-15(14)20/h2-3,9-11,13,21H,4-8H2,1H3,(H,23,24). The molecule has 3 rings (SSSR count). The highest BCUT2D eigenvalue weighted by molar-refractivity contribution is 5.76. The molecule has 1 fully saturated rings. The van der Waals surface area contributed by atoms with Crippen molar-refractivity contribution in [2.45, 2.75) is 44.7 Å². The Hall–Kier alpha value is -2.28. The van der Waals surface area contributed by atoms with Crippen molar-refractivity contribution < 1.29 is 18.0 Å². The van der Waals surface area contributed by atoms with Crippen molar-refractivity contribution >= 4 is 5.91 Å². The topological polar surface area (TPSA) is 67.2 Å². The van der Waals surface area contributed by atoms with Gasteiger partial charge in [-0.15, -0.1) is 0 Å². The fourth-order valence-electron chi connectivity index (χ4n) is 3.02. The van der Waals surface area contributed by atoms with Crippen molar-refractivity contribution in [1.29, 1.82) is 0 Å². The number of carbonyl (C=O) groups excluding carboxylic acids is 1. The number of hydrogen-bond acceptors (Lipinski definition) is 4. The molecular weight excluding hydrogens is 328 g/mol. The second-order valence-corrected chi connectivity index (χ2v) is 6.39. The Morgan fingerprint density at radius 1 is 1.44 bits per heavy atom. The van der Waals surface area contributed by atoms with Gasteiger partial charge in [-0.2, -0.15) is 0 Å². The normalized spacial score (nSPS) is 20.4. The summed E-state index contributed by atoms with van der Waals surface area (Å²) in [6.07, 6.45) is 3.80. The van der Waals surface area contributed by atoms with E-state index in [1.54, 1.807) is 0 Å². The molecule has 0 saturated carbocycles. The summed E-state index contributed by atoms with van der Waals surface area (Å²) in [6, 6.07) is 3.86. The Kier molecular flexibility index (Phi) is 5.43. The third kappa shape index (κ3) is 4.63. The smallest absolute Gasteiger partial charge is 0.220 e. The highest BCUT2D eigenvalue weighted by Gasteiger charge is 2.20. The third-order valence-corrected chi connectivity index (χ3v) is 4.30. The number of aryl methyl sites for hydroxylation is 1. The molecule has 5 nitrogen and oxygen atoms in total. The fraction of sp³-hybridized carbons (Fsp3) is 0.444. The Labute approximate surface area is 144 Å². The Balaban J connectivity index is 1.54. The van der Waals surface area contributed by atoms with E-state index < -0.39 is 11.6 Å². The Morgan fingerprint density at radius 2 is 2.28 bits per heavy atom. The van der Waals surface area contributed by atoms with Gasteiger partial charge >= 0.3 is 0 Å². The van der Waals surface area contributed by atoms with Crippen molar-refractivity contribution in [2.24, 2.45) is 0 Å². The predicted octanol–water partition coefficient (Wildman–Crippen LogP) is 2.81. The number of nitrogens with zero attached hydrogens (tertiary/aromatic N) is 1. The van der Waals surface area contributed by atoms with Crippen LogP contribution in [-0.2, 0) is 11.2 Å². The van der Waals surface area contributed by atoms with Gasteiger partial charge in [-0.3, -0.25) is 4.79 Å². The molecule has 25 heavy (non-hydrogen) atoms. The fourth-order valence-corrected chi connectivity index (χ4v) is 3.02. The van der Waals surface area contributed by atoms with Crippen molar-refractivity contribution in [3.63, 3.8) is 0 Å². The predicted molar refractivity (Wildman–Crippen MR) is 88.8 cm³/mol. The maximum atomic E-state index is 13.8. The summed E-state index contributed by atoms with van der Waals surface area (Å²) in [5.74, 6) is -0.829. The highest BCUT2D eigenvalue weighted by atomic mass is 19.1. The summed E-state index contributed by atoms with van der Waals surface area (Å²) in [6.45, 7) is 3.00. The van der Waals surface area contributed by atoms with Gasteiger partial charge in [0.15, 0.2) is 11.7 Å². The average molecular weight is 349 g/mol. The number of benzene rings is 1. The van der Waals surface area contributed by atoms with Gasteiger partial charge in [0.25, 0.3) is 0 Å². The minimum atomic E-state index is -0.708. The lowest BCUT2D eigenvalue weighted by Crippen LogP contribution is -2.46. The monoisotopic (exact) mass is 349 g/mol. The molecule has 1 aromatic heterocycles. The number of aromatic nitrogens is 1. The second kappa shape index (κ2) is 7.74. The number of rotatable bonds is 5. The summed E-state index contributed by atoms with van der Waals surface area (Å²) in [4.78, 5) is 16.1. The Morgan fingerprint density at radius 3 is 3.04 bits per heavy atom. The molecule has 1 aliphatic heterocycles. The van der Waals surface area contributed by atoms with Gasteiger partial charge in [0.2, 0.25) is 5.91 Å². The minimum Gasteiger partial charge on any atom is -0.441 e. The van der Waals surface area contributed by atoms with Gasteiger partial charge in [-0.1, -0.05) is 0 Å². The van der Waals surface area contributed by atoms with E-state index in [9.17, 15) is 13.6 Å². The summed E-state index contributed by atoms with van der Waals surface area (Å²) < 4.78 is 32.2. The van der Waals surface area contributed by atoms with Crippen LogP contribution in [-0.4, -0.2) is 29.5 Å². The molecule has 0 radical (unpaired) electrons. The summed E-state index contributed by atoms with van der Waals surface area (Å²) in [5, 5.41) is 6.36. The highest BCUT2D eigenvalue weighted by Crippen LogP contribution is 2.24. The molecule has 1 aliphatic rings. The maximum absolute atomic E-state index is 13.8. The summed E-state index contributed by atoms with van der Waals surface area (Å²) in [5.41, 5.74) is 0.147. The first kappa shape index (κ1) is 17.5. The summed E-state index contributed by atoms with van der Waals surface area (Å²) in [7, 11) is 0. The zero-order valence-corrected chi connectivity index (χ0v) is 14.0. The molecule has 0 spiro atoms. The Bertz CT molecular complexity index is 748. The van der Waals surface area contributed by atoms with Crippen molar-refractivity contribution in [1.82, 2.24) is 15.6 Å². The van der Waals surface area contributed by atoms with E-state index >= 15 is 0 Å². The van der Waals surface area contributed by atoms with Crippen LogP contribution in [0.5, 0.6) is 0 Å². The first-order chi connectivity index (χ1) is 12.0. The molecule has 2 atom stereocenters. The zero-order chi connectivity index (χ0) is 17.8. The quantitative estimate of drug-likeness (QED) is 0.871. The van der Waals surface area contributed by atoms with E-state index in [2.05, 4.69) is 22.5 Å². The maximum Gasteiger partial charge on any atom is 0.220 e. The molecule has 7 heteroatoms. The van der Waals surface area contributed by atoms with Crippen LogP contribution in [0.3, 0.4) is 0 Å². The largest absolute Gasteiger partial charge is 0.441 e. The van der Waals surface area contributed by atoms with E-state index in [1.807, 2.05) is 0 Å². The molecular formula is C18H21F2N3O2. The molecule has 2 unspecified atom stereocenters. The molecule has 1 aromatic carbocycles. The molecule has 2 aromatic rings. The van der Waals surface area contributed by atoms with E-state index in [1.165, 1.54) is 12.3 Å². The van der Waals surface area contributed by atoms with Gasteiger partial charge in [0.1, 0.15) is 11.6 Å². The number of oxazole rings is 1. The van der Waals surface area contributed by atoms with Crippen molar-refractivity contribution in [2.75, 3.05) is 6.54 Å². The van der Waals surface area contributed by atoms with Crippen LogP contribution < -0.4 is 10.6 Å². The van der Waals surface area contributed by atoms with Crippen LogP contribution in [0.15, 0.2) is 28.8 Å². The summed E-state index contributed by atoms with van der Waals surface area (Å²) >= 11 is 0. The van der Waals surface area contributed by atoms with Crippen molar-refractivity contribution in [3.05, 3.63) is 41.9 Å². The van der Waals surface area contributed by atoms with E-state index in [0.717, 1.165) is 31.5 Å². The third-order valence-electron chi connectivity index (χ3n) is 4.30. The number of piperidine rings is 1. The van der Waals surface area contributed by atoms with Crippen LogP contribution in [0.2, 0.25) is 0 Å². The average Bonchev–Trinajstić information content (AvgIpc) is 3.01. The van der Waals surface area contributed by atoms with E-state index in [0.29, 0.717) is 18.4 Å². The van der Waals surface area contributed by atoms with Crippen LogP contribution in [0, 0.1) is 11.6 Å². The number of amides is 1. The lowest BCUT2D eigenvalue weighted by atomic mass is 10.0. The van der Waals surface area contributed by atoms with Gasteiger partial charge in [-0.25, -0.2) is 13.8 Å². The SMILES string of the molecule is CC1CC(NC(=O)CCc2ncc(-c3ccc(F)cc3F)o2)CCN1. The van der Waals surface area contributed by atoms with Gasteiger partial charge < -0.3 is 15.1 Å².